The number of nitrogens with zero attached hydrogens (tertiary/aromatic N) is 2. The normalized spacial score (nSPS) is 17.4. The first-order chi connectivity index (χ1) is 11.1. The molecule has 0 saturated carbocycles. The van der Waals surface area contributed by atoms with E-state index in [-0.39, 0.29) is 5.56 Å². The number of rotatable bonds is 2. The van der Waals surface area contributed by atoms with E-state index in [0.29, 0.717) is 12.5 Å². The summed E-state index contributed by atoms with van der Waals surface area (Å²) in [5, 5.41) is 0.868. The highest BCUT2D eigenvalue weighted by atomic mass is 32.1. The van der Waals surface area contributed by atoms with Crippen LogP contribution in [-0.2, 0) is 19.4 Å². The van der Waals surface area contributed by atoms with Gasteiger partial charge in [-0.1, -0.05) is 36.8 Å². The molecule has 0 N–H and O–H groups in total. The molecule has 0 amide bonds. The molecule has 0 fully saturated rings. The van der Waals surface area contributed by atoms with E-state index in [1.165, 1.54) is 22.4 Å². The van der Waals surface area contributed by atoms with Crippen LogP contribution < -0.4 is 5.56 Å². The van der Waals surface area contributed by atoms with Crippen LogP contribution in [0.5, 0.6) is 0 Å². The third-order valence-electron chi connectivity index (χ3n) is 4.72. The van der Waals surface area contributed by atoms with Crippen molar-refractivity contribution in [2.75, 3.05) is 0 Å². The first-order valence-electron chi connectivity index (χ1n) is 8.17. The van der Waals surface area contributed by atoms with Gasteiger partial charge in [0.2, 0.25) is 0 Å². The van der Waals surface area contributed by atoms with Crippen molar-refractivity contribution in [2.45, 2.75) is 39.7 Å². The maximum atomic E-state index is 13.0. The lowest BCUT2D eigenvalue weighted by Crippen LogP contribution is -2.22. The van der Waals surface area contributed by atoms with E-state index in [4.69, 9.17) is 0 Å². The number of hydrogen-bond donors (Lipinski definition) is 0. The zero-order valence-electron chi connectivity index (χ0n) is 13.5. The third-order valence-corrected chi connectivity index (χ3v) is 5.88. The molecule has 0 spiro atoms. The van der Waals surface area contributed by atoms with E-state index in [1.54, 1.807) is 22.2 Å². The van der Waals surface area contributed by atoms with Crippen LogP contribution in [0.15, 0.2) is 35.4 Å². The average Bonchev–Trinajstić information content (AvgIpc) is 2.88. The SMILES string of the molecule is Cc1cccc(Cn2cnc3sc4c(c3c2=O)CC[C@H](C)C4)c1. The van der Waals surface area contributed by atoms with Gasteiger partial charge < -0.3 is 0 Å². The van der Waals surface area contributed by atoms with Crippen LogP contribution in [0.1, 0.15) is 34.9 Å². The molecule has 118 valence electrons. The largest absolute Gasteiger partial charge is 0.294 e. The summed E-state index contributed by atoms with van der Waals surface area (Å²) in [5.74, 6) is 0.713. The lowest BCUT2D eigenvalue weighted by molar-refractivity contribution is 0.509. The van der Waals surface area contributed by atoms with Gasteiger partial charge in [0.25, 0.3) is 5.56 Å². The lowest BCUT2D eigenvalue weighted by atomic mass is 9.89. The Bertz CT molecular complexity index is 938. The van der Waals surface area contributed by atoms with Gasteiger partial charge in [-0.2, -0.15) is 0 Å². The molecule has 4 rings (SSSR count). The van der Waals surface area contributed by atoms with Gasteiger partial charge in [-0.05, 0) is 43.2 Å². The molecule has 3 aromatic rings. The Labute approximate surface area is 139 Å². The van der Waals surface area contributed by atoms with Gasteiger partial charge >= 0.3 is 0 Å². The minimum absolute atomic E-state index is 0.114. The lowest BCUT2D eigenvalue weighted by Gasteiger charge is -2.17. The number of aromatic nitrogens is 2. The summed E-state index contributed by atoms with van der Waals surface area (Å²) in [7, 11) is 0. The number of thiophene rings is 1. The predicted molar refractivity (Wildman–Crippen MR) is 95.4 cm³/mol. The molecular formula is C19H20N2OS. The van der Waals surface area contributed by atoms with Crippen molar-refractivity contribution in [1.82, 2.24) is 9.55 Å². The highest BCUT2D eigenvalue weighted by molar-refractivity contribution is 7.18. The van der Waals surface area contributed by atoms with Crippen molar-refractivity contribution >= 4 is 21.6 Å². The molecule has 23 heavy (non-hydrogen) atoms. The van der Waals surface area contributed by atoms with Crippen LogP contribution in [-0.4, -0.2) is 9.55 Å². The maximum Gasteiger partial charge on any atom is 0.262 e. The van der Waals surface area contributed by atoms with Crippen LogP contribution in [0, 0.1) is 12.8 Å². The van der Waals surface area contributed by atoms with E-state index < -0.39 is 0 Å². The summed E-state index contributed by atoms with van der Waals surface area (Å²) < 4.78 is 1.75. The fourth-order valence-electron chi connectivity index (χ4n) is 3.49. The molecule has 0 unspecified atom stereocenters. The monoisotopic (exact) mass is 324 g/mol. The van der Waals surface area contributed by atoms with Crippen LogP contribution in [0.4, 0.5) is 0 Å². The second-order valence-corrected chi connectivity index (χ2v) is 7.78. The molecule has 3 nitrogen and oxygen atoms in total. The molecule has 1 aliphatic rings. The summed E-state index contributed by atoms with van der Waals surface area (Å²) in [5.41, 5.74) is 3.74. The molecule has 2 aromatic heterocycles. The van der Waals surface area contributed by atoms with Gasteiger partial charge in [-0.3, -0.25) is 9.36 Å². The molecule has 0 aliphatic heterocycles. The van der Waals surface area contributed by atoms with Crippen molar-refractivity contribution in [2.24, 2.45) is 5.92 Å². The van der Waals surface area contributed by atoms with Crippen molar-refractivity contribution in [3.05, 3.63) is 62.5 Å². The van der Waals surface area contributed by atoms with E-state index in [1.807, 2.05) is 6.07 Å². The summed E-state index contributed by atoms with van der Waals surface area (Å²) in [4.78, 5) is 19.8. The maximum absolute atomic E-state index is 13.0. The Morgan fingerprint density at radius 3 is 3.09 bits per heavy atom. The van der Waals surface area contributed by atoms with Gasteiger partial charge in [0.1, 0.15) is 4.83 Å². The quantitative estimate of drug-likeness (QED) is 0.715. The van der Waals surface area contributed by atoms with E-state index in [2.05, 4.69) is 37.0 Å². The average molecular weight is 324 g/mol. The molecular weight excluding hydrogens is 304 g/mol. The zero-order chi connectivity index (χ0) is 16.0. The number of benzene rings is 1. The summed E-state index contributed by atoms with van der Waals surface area (Å²) in [6, 6.07) is 8.30. The van der Waals surface area contributed by atoms with Crippen molar-refractivity contribution in [3.8, 4) is 0 Å². The van der Waals surface area contributed by atoms with Crippen molar-refractivity contribution in [1.29, 1.82) is 0 Å². The van der Waals surface area contributed by atoms with Gasteiger partial charge in [-0.25, -0.2) is 4.98 Å². The fraction of sp³-hybridized carbons (Fsp3) is 0.368. The Kier molecular flexibility index (Phi) is 3.57. The number of hydrogen-bond acceptors (Lipinski definition) is 3. The smallest absolute Gasteiger partial charge is 0.262 e. The molecule has 2 heterocycles. The second kappa shape index (κ2) is 5.60. The molecule has 4 heteroatoms. The van der Waals surface area contributed by atoms with Crippen LogP contribution >= 0.6 is 11.3 Å². The van der Waals surface area contributed by atoms with E-state index >= 15 is 0 Å². The second-order valence-electron chi connectivity index (χ2n) is 6.70. The molecule has 1 atom stereocenters. The molecule has 0 radical (unpaired) electrons. The third kappa shape index (κ3) is 2.61. The van der Waals surface area contributed by atoms with Gasteiger partial charge in [-0.15, -0.1) is 11.3 Å². The molecule has 1 aliphatic carbocycles. The van der Waals surface area contributed by atoms with Gasteiger partial charge in [0.15, 0.2) is 0 Å². The molecule has 1 aromatic carbocycles. The number of aryl methyl sites for hydroxylation is 2. The van der Waals surface area contributed by atoms with Crippen molar-refractivity contribution in [3.63, 3.8) is 0 Å². The van der Waals surface area contributed by atoms with Crippen LogP contribution in [0.3, 0.4) is 0 Å². The van der Waals surface area contributed by atoms with Crippen molar-refractivity contribution < 1.29 is 0 Å². The highest BCUT2D eigenvalue weighted by Crippen LogP contribution is 2.35. The minimum atomic E-state index is 0.114. The highest BCUT2D eigenvalue weighted by Gasteiger charge is 2.23. The zero-order valence-corrected chi connectivity index (χ0v) is 14.3. The van der Waals surface area contributed by atoms with E-state index in [9.17, 15) is 4.79 Å². The Morgan fingerprint density at radius 1 is 1.39 bits per heavy atom. The summed E-state index contributed by atoms with van der Waals surface area (Å²) in [6.45, 7) is 4.95. The van der Waals surface area contributed by atoms with Crippen LogP contribution in [0.2, 0.25) is 0 Å². The summed E-state index contributed by atoms with van der Waals surface area (Å²) in [6.07, 6.45) is 4.99. The Balaban J connectivity index is 1.80. The Morgan fingerprint density at radius 2 is 2.26 bits per heavy atom. The van der Waals surface area contributed by atoms with Gasteiger partial charge in [0.05, 0.1) is 18.3 Å². The number of fused-ring (bicyclic) bond motifs is 3. The topological polar surface area (TPSA) is 34.9 Å². The summed E-state index contributed by atoms with van der Waals surface area (Å²) >= 11 is 1.71. The standard InChI is InChI=1S/C19H20N2OS/c1-12-4-3-5-14(8-12)10-21-11-20-18-17(19(21)22)15-7-6-13(2)9-16(15)23-18/h3-5,8,11,13H,6-7,9-10H2,1-2H3/t13-/m0/s1. The Hall–Kier alpha value is -1.94. The van der Waals surface area contributed by atoms with Gasteiger partial charge in [0, 0.05) is 4.88 Å². The molecule has 0 bridgehead atoms. The van der Waals surface area contributed by atoms with Crippen LogP contribution in [0.25, 0.3) is 10.2 Å². The van der Waals surface area contributed by atoms with E-state index in [0.717, 1.165) is 28.6 Å². The first kappa shape index (κ1) is 14.6. The first-order valence-corrected chi connectivity index (χ1v) is 8.98. The predicted octanol–water partition coefficient (Wildman–Crippen LogP) is 3.94. The fourth-order valence-corrected chi connectivity index (χ4v) is 4.83. The molecule has 0 saturated heterocycles. The minimum Gasteiger partial charge on any atom is -0.294 e.